The fourth-order valence-electron chi connectivity index (χ4n) is 1.60. The Hall–Kier alpha value is -2.38. The van der Waals surface area contributed by atoms with Crippen molar-refractivity contribution >= 4 is 22.8 Å². The van der Waals surface area contributed by atoms with Gasteiger partial charge in [0.15, 0.2) is 0 Å². The molecule has 0 saturated carbocycles. The second kappa shape index (κ2) is 4.47. The third kappa shape index (κ3) is 1.92. The molecule has 0 aliphatic heterocycles. The summed E-state index contributed by atoms with van der Waals surface area (Å²) in [6, 6.07) is 2.47. The van der Waals surface area contributed by atoms with Gasteiger partial charge in [-0.15, -0.1) is 0 Å². The normalized spacial score (nSPS) is 10.9. The molecule has 18 heavy (non-hydrogen) atoms. The van der Waals surface area contributed by atoms with Crippen LogP contribution in [0.15, 0.2) is 18.5 Å². The number of aromatic nitrogens is 2. The number of nitrogens with zero attached hydrogens (tertiary/aromatic N) is 2. The van der Waals surface area contributed by atoms with E-state index in [-0.39, 0.29) is 16.3 Å². The molecule has 0 fully saturated rings. The molecule has 0 saturated heterocycles. The number of hydrogen-bond donors (Lipinski definition) is 2. The number of anilines is 1. The van der Waals surface area contributed by atoms with E-state index in [9.17, 15) is 13.6 Å². The van der Waals surface area contributed by atoms with Crippen molar-refractivity contribution in [1.29, 1.82) is 0 Å². The molecule has 8 heteroatoms. The summed E-state index contributed by atoms with van der Waals surface area (Å²) < 4.78 is 30.3. The molecule has 6 nitrogen and oxygen atoms in total. The number of methoxy groups -OCH3 is 1. The van der Waals surface area contributed by atoms with Gasteiger partial charge in [0, 0.05) is 6.07 Å². The molecular weight excluding hydrogens is 248 g/mol. The minimum atomic E-state index is -3.16. The van der Waals surface area contributed by atoms with Crippen LogP contribution >= 0.6 is 0 Å². The number of halogens is 2. The number of nitrogens with one attached hydrogen (secondary N) is 1. The van der Waals surface area contributed by atoms with Crippen LogP contribution in [0, 0.1) is 0 Å². The van der Waals surface area contributed by atoms with Gasteiger partial charge in [0.1, 0.15) is 11.3 Å². The maximum Gasteiger partial charge on any atom is 0.416 e. The second-order valence-electron chi connectivity index (χ2n) is 3.38. The van der Waals surface area contributed by atoms with Gasteiger partial charge in [-0.2, -0.15) is 8.78 Å². The number of carbonyl (C=O) groups is 1. The third-order valence-corrected chi connectivity index (χ3v) is 2.37. The van der Waals surface area contributed by atoms with Gasteiger partial charge in [-0.05, 0) is 6.07 Å². The van der Waals surface area contributed by atoms with Crippen LogP contribution in [0.2, 0.25) is 0 Å². The highest BCUT2D eigenvalue weighted by Gasteiger charge is 2.25. The number of alkyl halides is 2. The molecule has 0 atom stereocenters. The molecule has 0 unspecified atom stereocenters. The zero-order valence-electron chi connectivity index (χ0n) is 9.22. The summed E-state index contributed by atoms with van der Waals surface area (Å²) in [6.45, 7) is -3.16. The van der Waals surface area contributed by atoms with Crippen molar-refractivity contribution in [1.82, 2.24) is 9.97 Å². The van der Waals surface area contributed by atoms with Crippen LogP contribution in [-0.2, 0) is 0 Å². The molecule has 1 aromatic carbocycles. The van der Waals surface area contributed by atoms with Crippen LogP contribution < -0.4 is 9.64 Å². The largest absolute Gasteiger partial charge is 0.494 e. The van der Waals surface area contributed by atoms with Gasteiger partial charge < -0.3 is 14.8 Å². The number of hydrogen-bond acceptors (Lipinski definition) is 3. The fourth-order valence-corrected chi connectivity index (χ4v) is 1.60. The summed E-state index contributed by atoms with van der Waals surface area (Å²) in [5, 5.41) is 8.76. The lowest BCUT2D eigenvalue weighted by molar-refractivity contribution is 0.128. The highest BCUT2D eigenvalue weighted by molar-refractivity contribution is 5.92. The van der Waals surface area contributed by atoms with Gasteiger partial charge in [0.25, 0.3) is 0 Å². The first-order valence-corrected chi connectivity index (χ1v) is 4.86. The number of benzene rings is 1. The highest BCUT2D eigenvalue weighted by atomic mass is 19.3. The van der Waals surface area contributed by atoms with Crippen molar-refractivity contribution in [2.75, 3.05) is 12.0 Å². The first-order chi connectivity index (χ1) is 8.54. The lowest BCUT2D eigenvalue weighted by atomic mass is 10.2. The molecule has 1 amide bonds. The summed E-state index contributed by atoms with van der Waals surface area (Å²) in [6.07, 6.45) is -0.379. The van der Waals surface area contributed by atoms with E-state index in [4.69, 9.17) is 9.84 Å². The Morgan fingerprint density at radius 1 is 1.56 bits per heavy atom. The minimum Gasteiger partial charge on any atom is -0.494 e. The van der Waals surface area contributed by atoms with Crippen molar-refractivity contribution in [3.05, 3.63) is 18.5 Å². The molecule has 96 valence electrons. The first kappa shape index (κ1) is 12.1. The molecule has 2 aromatic rings. The second-order valence-corrected chi connectivity index (χ2v) is 3.38. The zero-order chi connectivity index (χ0) is 13.3. The monoisotopic (exact) mass is 257 g/mol. The number of imidazole rings is 1. The minimum absolute atomic E-state index is 0.0528. The fraction of sp³-hybridized carbons (Fsp3) is 0.200. The number of aromatic amines is 1. The maximum atomic E-state index is 12.7. The van der Waals surface area contributed by atoms with E-state index in [0.29, 0.717) is 11.0 Å². The Morgan fingerprint density at radius 2 is 2.28 bits per heavy atom. The van der Waals surface area contributed by atoms with Gasteiger partial charge in [0.05, 0.1) is 24.6 Å². The zero-order valence-corrected chi connectivity index (χ0v) is 9.22. The Morgan fingerprint density at radius 3 is 2.83 bits per heavy atom. The summed E-state index contributed by atoms with van der Waals surface area (Å²) in [7, 11) is 1.35. The molecule has 0 aliphatic rings. The highest BCUT2D eigenvalue weighted by Crippen LogP contribution is 2.30. The van der Waals surface area contributed by atoms with Gasteiger partial charge in [-0.3, -0.25) is 0 Å². The van der Waals surface area contributed by atoms with Crippen LogP contribution in [0.5, 0.6) is 5.75 Å². The first-order valence-electron chi connectivity index (χ1n) is 4.86. The van der Waals surface area contributed by atoms with Gasteiger partial charge >= 0.3 is 12.6 Å². The predicted molar refractivity (Wildman–Crippen MR) is 59.2 cm³/mol. The van der Waals surface area contributed by atoms with Gasteiger partial charge in [0.2, 0.25) is 0 Å². The van der Waals surface area contributed by atoms with Crippen molar-refractivity contribution in [2.45, 2.75) is 6.55 Å². The average Bonchev–Trinajstić information content (AvgIpc) is 2.74. The Labute approximate surface area is 99.8 Å². The topological polar surface area (TPSA) is 78.5 Å². The van der Waals surface area contributed by atoms with E-state index in [1.165, 1.54) is 25.6 Å². The van der Waals surface area contributed by atoms with Crippen molar-refractivity contribution in [2.24, 2.45) is 0 Å². The number of amides is 1. The lowest BCUT2D eigenvalue weighted by Gasteiger charge is -2.18. The third-order valence-electron chi connectivity index (χ3n) is 2.37. The number of ether oxygens (including phenoxy) is 1. The molecular formula is C10H9F2N3O3. The summed E-state index contributed by atoms with van der Waals surface area (Å²) in [5.41, 5.74) is 0.670. The standard InChI is InChI=1S/C10H9F2N3O3/c1-18-7-3-5(15(9(11)12)10(16)17)2-6-8(7)14-4-13-6/h2-4,9H,1H3,(H,13,14)(H,16,17). The van der Waals surface area contributed by atoms with Gasteiger partial charge in [-0.25, -0.2) is 14.7 Å². The quantitative estimate of drug-likeness (QED) is 0.827. The maximum absolute atomic E-state index is 12.7. The average molecular weight is 257 g/mol. The van der Waals surface area contributed by atoms with Crippen LogP contribution in [0.25, 0.3) is 11.0 Å². The molecule has 1 aromatic heterocycles. The van der Waals surface area contributed by atoms with E-state index in [1.54, 1.807) is 0 Å². The summed E-state index contributed by atoms with van der Waals surface area (Å²) in [4.78, 5) is 17.4. The molecule has 2 N–H and O–H groups in total. The summed E-state index contributed by atoms with van der Waals surface area (Å²) >= 11 is 0. The predicted octanol–water partition coefficient (Wildman–Crippen LogP) is 2.28. The molecule has 0 radical (unpaired) electrons. The van der Waals surface area contributed by atoms with E-state index in [2.05, 4.69) is 9.97 Å². The van der Waals surface area contributed by atoms with E-state index >= 15 is 0 Å². The summed E-state index contributed by atoms with van der Waals surface area (Å²) in [5.74, 6) is 0.218. The Kier molecular flexibility index (Phi) is 3.00. The van der Waals surface area contributed by atoms with Crippen LogP contribution in [0.4, 0.5) is 19.3 Å². The lowest BCUT2D eigenvalue weighted by Crippen LogP contribution is -2.34. The van der Waals surface area contributed by atoms with Crippen LogP contribution in [0.3, 0.4) is 0 Å². The molecule has 2 rings (SSSR count). The van der Waals surface area contributed by atoms with E-state index < -0.39 is 12.6 Å². The molecule has 1 heterocycles. The molecule has 0 bridgehead atoms. The number of H-pyrrole nitrogens is 1. The van der Waals surface area contributed by atoms with E-state index in [0.717, 1.165) is 0 Å². The van der Waals surface area contributed by atoms with Crippen molar-refractivity contribution in [3.8, 4) is 5.75 Å². The number of rotatable bonds is 3. The smallest absolute Gasteiger partial charge is 0.416 e. The molecule has 0 aliphatic carbocycles. The number of fused-ring (bicyclic) bond motifs is 1. The Balaban J connectivity index is 2.59. The van der Waals surface area contributed by atoms with Crippen LogP contribution in [-0.4, -0.2) is 34.8 Å². The van der Waals surface area contributed by atoms with E-state index in [1.807, 2.05) is 0 Å². The van der Waals surface area contributed by atoms with Crippen molar-refractivity contribution in [3.63, 3.8) is 0 Å². The van der Waals surface area contributed by atoms with Crippen LogP contribution in [0.1, 0.15) is 0 Å². The Bertz CT molecular complexity index is 585. The van der Waals surface area contributed by atoms with Gasteiger partial charge in [-0.1, -0.05) is 0 Å². The number of carboxylic acid groups (broad SMARTS) is 1. The molecule has 0 spiro atoms. The van der Waals surface area contributed by atoms with Crippen molar-refractivity contribution < 1.29 is 23.4 Å². The SMILES string of the molecule is COc1cc(N(C(=O)O)C(F)F)cc2[nH]cnc12.